The van der Waals surface area contributed by atoms with Crippen LogP contribution in [0.15, 0.2) is 41.3 Å². The Labute approximate surface area is 200 Å². The summed E-state index contributed by atoms with van der Waals surface area (Å²) >= 11 is 9.28. The highest BCUT2D eigenvalue weighted by Gasteiger charge is 2.22. The number of nitrogens with zero attached hydrogens (tertiary/aromatic N) is 3. The molecule has 2 heterocycles. The molecule has 1 aliphatic heterocycles. The van der Waals surface area contributed by atoms with Gasteiger partial charge in [0.25, 0.3) is 0 Å². The number of thioether (sulfide) groups is 1. The first kappa shape index (κ1) is 23.4. The Morgan fingerprint density at radius 1 is 1.28 bits per heavy atom. The Morgan fingerprint density at radius 2 is 2.03 bits per heavy atom. The number of morpholine rings is 1. The number of rotatable bonds is 8. The number of thiazole rings is 1. The van der Waals surface area contributed by atoms with E-state index >= 15 is 0 Å². The molecule has 170 valence electrons. The van der Waals surface area contributed by atoms with Crippen molar-refractivity contribution in [3.05, 3.63) is 52.8 Å². The van der Waals surface area contributed by atoms with Gasteiger partial charge in [0.2, 0.25) is 5.91 Å². The fourth-order valence-corrected chi connectivity index (χ4v) is 5.88. The topological polar surface area (TPSA) is 45.7 Å². The van der Waals surface area contributed by atoms with E-state index in [4.69, 9.17) is 21.3 Å². The summed E-state index contributed by atoms with van der Waals surface area (Å²) in [6, 6.07) is 10.1. The number of amides is 1. The van der Waals surface area contributed by atoms with E-state index < -0.39 is 0 Å². The Bertz CT molecular complexity index is 1070. The van der Waals surface area contributed by atoms with Gasteiger partial charge in [-0.2, -0.15) is 0 Å². The number of carbonyl (C=O) groups excluding carboxylic acids is 1. The Morgan fingerprint density at radius 3 is 2.78 bits per heavy atom. The van der Waals surface area contributed by atoms with Crippen LogP contribution >= 0.6 is 34.7 Å². The van der Waals surface area contributed by atoms with E-state index in [2.05, 4.69) is 4.90 Å². The summed E-state index contributed by atoms with van der Waals surface area (Å²) in [5.74, 6) is 0.399. The summed E-state index contributed by atoms with van der Waals surface area (Å²) in [6.45, 7) is 6.52. The van der Waals surface area contributed by atoms with Crippen LogP contribution in [-0.4, -0.2) is 60.9 Å². The van der Waals surface area contributed by atoms with Gasteiger partial charge in [-0.25, -0.2) is 9.37 Å². The second-order valence-corrected chi connectivity index (χ2v) is 10.2. The minimum atomic E-state index is -0.258. The molecule has 1 fully saturated rings. The van der Waals surface area contributed by atoms with Crippen LogP contribution in [0.4, 0.5) is 9.52 Å². The largest absolute Gasteiger partial charge is 0.379 e. The van der Waals surface area contributed by atoms with E-state index in [1.165, 1.54) is 23.5 Å². The van der Waals surface area contributed by atoms with Crippen molar-refractivity contribution in [1.82, 2.24) is 9.88 Å². The Hall–Kier alpha value is -1.71. The van der Waals surface area contributed by atoms with Crippen molar-refractivity contribution < 1.29 is 13.9 Å². The molecule has 9 heteroatoms. The number of ether oxygens (including phenoxy) is 1. The van der Waals surface area contributed by atoms with E-state index in [9.17, 15) is 9.18 Å². The molecule has 32 heavy (non-hydrogen) atoms. The molecule has 1 saturated heterocycles. The number of benzene rings is 2. The Balaban J connectivity index is 1.48. The predicted molar refractivity (Wildman–Crippen MR) is 131 cm³/mol. The van der Waals surface area contributed by atoms with Gasteiger partial charge in [0.15, 0.2) is 5.13 Å². The first-order valence-corrected chi connectivity index (χ1v) is 12.7. The molecule has 0 spiro atoms. The van der Waals surface area contributed by atoms with Crippen LogP contribution in [0.5, 0.6) is 0 Å². The number of hydrogen-bond acceptors (Lipinski definition) is 6. The molecule has 1 aromatic heterocycles. The van der Waals surface area contributed by atoms with E-state index in [-0.39, 0.29) is 11.7 Å². The number of anilines is 1. The van der Waals surface area contributed by atoms with E-state index in [0.29, 0.717) is 28.9 Å². The van der Waals surface area contributed by atoms with Crippen LogP contribution in [-0.2, 0) is 9.53 Å². The molecule has 5 nitrogen and oxygen atoms in total. The summed E-state index contributed by atoms with van der Waals surface area (Å²) < 4.78 is 19.5. The standard InChI is InChI=1S/C23H25ClFN3O2S2/c1-16-14-17(24)15-20-22(16)26-23(32-20)28(8-7-27-9-11-30-12-10-27)21(29)6-13-31-19-4-2-18(25)3-5-19/h2-5,14-15H,6-13H2,1H3. The van der Waals surface area contributed by atoms with Gasteiger partial charge in [-0.3, -0.25) is 14.6 Å². The quantitative estimate of drug-likeness (QED) is 0.401. The normalized spacial score (nSPS) is 14.7. The van der Waals surface area contributed by atoms with E-state index in [1.807, 2.05) is 19.1 Å². The SMILES string of the molecule is Cc1cc(Cl)cc2sc(N(CCN3CCOCC3)C(=O)CCSc3ccc(F)cc3)nc12. The van der Waals surface area contributed by atoms with Crippen molar-refractivity contribution in [2.75, 3.05) is 50.0 Å². The summed E-state index contributed by atoms with van der Waals surface area (Å²) in [5.41, 5.74) is 1.89. The van der Waals surface area contributed by atoms with Gasteiger partial charge < -0.3 is 4.74 Å². The van der Waals surface area contributed by atoms with Crippen LogP contribution in [0, 0.1) is 12.7 Å². The third-order valence-electron chi connectivity index (χ3n) is 5.31. The number of aryl methyl sites for hydroxylation is 1. The van der Waals surface area contributed by atoms with Crippen LogP contribution in [0.1, 0.15) is 12.0 Å². The van der Waals surface area contributed by atoms with Gasteiger partial charge in [0.1, 0.15) is 5.82 Å². The minimum absolute atomic E-state index is 0.0377. The maximum atomic E-state index is 13.2. The highest BCUT2D eigenvalue weighted by Crippen LogP contribution is 2.33. The lowest BCUT2D eigenvalue weighted by atomic mass is 10.2. The number of hydrogen-bond donors (Lipinski definition) is 0. The monoisotopic (exact) mass is 493 g/mol. The van der Waals surface area contributed by atoms with Crippen molar-refractivity contribution in [3.63, 3.8) is 0 Å². The number of aromatic nitrogens is 1. The van der Waals surface area contributed by atoms with Crippen molar-refractivity contribution in [1.29, 1.82) is 0 Å². The Kier molecular flexibility index (Phi) is 8.02. The zero-order chi connectivity index (χ0) is 22.5. The molecule has 0 bridgehead atoms. The molecule has 0 N–H and O–H groups in total. The van der Waals surface area contributed by atoms with Crippen LogP contribution in [0.25, 0.3) is 10.2 Å². The highest BCUT2D eigenvalue weighted by atomic mass is 35.5. The lowest BCUT2D eigenvalue weighted by Crippen LogP contribution is -2.43. The van der Waals surface area contributed by atoms with Gasteiger partial charge in [-0.05, 0) is 48.9 Å². The molecular weight excluding hydrogens is 469 g/mol. The fourth-order valence-electron chi connectivity index (χ4n) is 3.57. The number of halogens is 2. The summed E-state index contributed by atoms with van der Waals surface area (Å²) in [4.78, 5) is 23.1. The first-order valence-electron chi connectivity index (χ1n) is 10.5. The minimum Gasteiger partial charge on any atom is -0.379 e. The molecule has 0 aliphatic carbocycles. The average Bonchev–Trinajstić information content (AvgIpc) is 3.20. The van der Waals surface area contributed by atoms with Gasteiger partial charge >= 0.3 is 0 Å². The smallest absolute Gasteiger partial charge is 0.229 e. The third-order valence-corrected chi connectivity index (χ3v) is 7.57. The average molecular weight is 494 g/mol. The van der Waals surface area contributed by atoms with E-state index in [1.54, 1.807) is 28.8 Å². The van der Waals surface area contributed by atoms with Crippen molar-refractivity contribution in [3.8, 4) is 0 Å². The van der Waals surface area contributed by atoms with Crippen LogP contribution in [0.3, 0.4) is 0 Å². The van der Waals surface area contributed by atoms with Crippen molar-refractivity contribution >= 4 is 56.0 Å². The third kappa shape index (κ3) is 5.99. The van der Waals surface area contributed by atoms with E-state index in [0.717, 1.165) is 53.5 Å². The van der Waals surface area contributed by atoms with Crippen molar-refractivity contribution in [2.24, 2.45) is 0 Å². The lowest BCUT2D eigenvalue weighted by Gasteiger charge is -2.29. The van der Waals surface area contributed by atoms with Gasteiger partial charge in [-0.15, -0.1) is 11.8 Å². The highest BCUT2D eigenvalue weighted by molar-refractivity contribution is 7.99. The molecule has 0 atom stereocenters. The first-order chi connectivity index (χ1) is 15.5. The molecule has 3 aromatic rings. The summed E-state index contributed by atoms with van der Waals surface area (Å²) in [7, 11) is 0. The van der Waals surface area contributed by atoms with Crippen molar-refractivity contribution in [2.45, 2.75) is 18.2 Å². The van der Waals surface area contributed by atoms with Crippen LogP contribution in [0.2, 0.25) is 5.02 Å². The predicted octanol–water partition coefficient (Wildman–Crippen LogP) is 5.24. The zero-order valence-corrected chi connectivity index (χ0v) is 20.2. The fraction of sp³-hybridized carbons (Fsp3) is 0.391. The molecule has 1 amide bonds. The molecule has 2 aromatic carbocycles. The molecular formula is C23H25ClFN3O2S2. The summed E-state index contributed by atoms with van der Waals surface area (Å²) in [5, 5.41) is 1.38. The van der Waals surface area contributed by atoms with Gasteiger partial charge in [0.05, 0.1) is 23.4 Å². The molecule has 0 saturated carbocycles. The molecule has 1 aliphatic rings. The number of fused-ring (bicyclic) bond motifs is 1. The second-order valence-electron chi connectivity index (χ2n) is 7.62. The maximum absolute atomic E-state index is 13.2. The molecule has 0 unspecified atom stereocenters. The number of carbonyl (C=O) groups is 1. The second kappa shape index (κ2) is 10.9. The maximum Gasteiger partial charge on any atom is 0.229 e. The van der Waals surface area contributed by atoms with Gasteiger partial charge in [-0.1, -0.05) is 22.9 Å². The lowest BCUT2D eigenvalue weighted by molar-refractivity contribution is -0.118. The molecule has 0 radical (unpaired) electrons. The molecule has 4 rings (SSSR count). The van der Waals surface area contributed by atoms with Gasteiger partial charge in [0, 0.05) is 48.3 Å². The summed E-state index contributed by atoms with van der Waals surface area (Å²) in [6.07, 6.45) is 0.376. The zero-order valence-electron chi connectivity index (χ0n) is 17.9. The van der Waals surface area contributed by atoms with Crippen LogP contribution < -0.4 is 4.90 Å².